The minimum Gasteiger partial charge on any atom is -0.507 e. The first kappa shape index (κ1) is 9.40. The van der Waals surface area contributed by atoms with Gasteiger partial charge in [-0.15, -0.1) is 0 Å². The molecule has 0 aromatic heterocycles. The summed E-state index contributed by atoms with van der Waals surface area (Å²) in [5, 5.41) is 11.3. The highest BCUT2D eigenvalue weighted by Crippen LogP contribution is 2.36. The van der Waals surface area contributed by atoms with Gasteiger partial charge in [-0.25, -0.2) is 0 Å². The number of hydrogen-bond donors (Lipinski definition) is 1. The second-order valence-corrected chi connectivity index (χ2v) is 4.32. The van der Waals surface area contributed by atoms with Crippen molar-refractivity contribution < 1.29 is 9.90 Å². The van der Waals surface area contributed by atoms with Crippen molar-refractivity contribution in [2.24, 2.45) is 5.92 Å². The number of phenols is 1. The molecule has 0 heterocycles. The Morgan fingerprint density at radius 3 is 2.44 bits per heavy atom. The summed E-state index contributed by atoms with van der Waals surface area (Å²) in [6.07, 6.45) is 2.02. The summed E-state index contributed by atoms with van der Waals surface area (Å²) in [6, 6.07) is 10.8. The fourth-order valence-corrected chi connectivity index (χ4v) is 2.06. The van der Waals surface area contributed by atoms with Gasteiger partial charge in [0.25, 0.3) is 0 Å². The number of rotatable bonds is 2. The molecule has 2 nitrogen and oxygen atoms in total. The van der Waals surface area contributed by atoms with Crippen molar-refractivity contribution in [3.05, 3.63) is 42.0 Å². The van der Waals surface area contributed by atoms with Crippen molar-refractivity contribution in [2.45, 2.75) is 12.8 Å². The Morgan fingerprint density at radius 1 is 1.06 bits per heavy atom. The summed E-state index contributed by atoms with van der Waals surface area (Å²) < 4.78 is 0. The van der Waals surface area contributed by atoms with E-state index in [1.165, 1.54) is 0 Å². The van der Waals surface area contributed by atoms with E-state index in [9.17, 15) is 9.90 Å². The van der Waals surface area contributed by atoms with Gasteiger partial charge < -0.3 is 5.11 Å². The van der Waals surface area contributed by atoms with E-state index in [2.05, 4.69) is 0 Å². The lowest BCUT2D eigenvalue weighted by molar-refractivity contribution is 0.0969. The first-order valence-electron chi connectivity index (χ1n) is 5.52. The Labute approximate surface area is 93.5 Å². The lowest BCUT2D eigenvalue weighted by Crippen LogP contribution is -2.01. The summed E-state index contributed by atoms with van der Waals surface area (Å²) in [5.41, 5.74) is 0.746. The number of fused-ring (bicyclic) bond motifs is 1. The SMILES string of the molecule is O=C(c1ccc(O)c2ccccc12)C1CC1. The van der Waals surface area contributed by atoms with Crippen LogP contribution < -0.4 is 0 Å². The molecule has 1 saturated carbocycles. The molecule has 2 aromatic carbocycles. The van der Waals surface area contributed by atoms with Crippen molar-refractivity contribution in [2.75, 3.05) is 0 Å². The quantitative estimate of drug-likeness (QED) is 0.776. The zero-order valence-electron chi connectivity index (χ0n) is 8.81. The molecule has 0 atom stereocenters. The number of Topliss-reactive ketones (excluding diaryl/α,β-unsaturated/α-hetero) is 1. The second kappa shape index (κ2) is 3.34. The smallest absolute Gasteiger partial charge is 0.166 e. The highest BCUT2D eigenvalue weighted by molar-refractivity contribution is 6.11. The summed E-state index contributed by atoms with van der Waals surface area (Å²) in [4.78, 5) is 12.1. The molecule has 0 amide bonds. The van der Waals surface area contributed by atoms with Gasteiger partial charge in [0, 0.05) is 16.9 Å². The molecule has 0 saturated heterocycles. The Hall–Kier alpha value is -1.83. The van der Waals surface area contributed by atoms with Crippen LogP contribution >= 0.6 is 0 Å². The fraction of sp³-hybridized carbons (Fsp3) is 0.214. The third kappa shape index (κ3) is 1.38. The van der Waals surface area contributed by atoms with Crippen molar-refractivity contribution in [1.29, 1.82) is 0 Å². The van der Waals surface area contributed by atoms with Crippen LogP contribution in [0.1, 0.15) is 23.2 Å². The molecule has 0 aliphatic heterocycles. The average molecular weight is 212 g/mol. The summed E-state index contributed by atoms with van der Waals surface area (Å²) in [6.45, 7) is 0. The van der Waals surface area contributed by atoms with Crippen molar-refractivity contribution >= 4 is 16.6 Å². The molecule has 2 heteroatoms. The van der Waals surface area contributed by atoms with Crippen LogP contribution in [0.5, 0.6) is 5.75 Å². The minimum absolute atomic E-state index is 0.216. The predicted octanol–water partition coefficient (Wildman–Crippen LogP) is 3.14. The summed E-state index contributed by atoms with van der Waals surface area (Å²) in [5.74, 6) is 0.673. The number of benzene rings is 2. The van der Waals surface area contributed by atoms with Gasteiger partial charge in [-0.2, -0.15) is 0 Å². The van der Waals surface area contributed by atoms with E-state index in [-0.39, 0.29) is 17.5 Å². The first-order valence-corrected chi connectivity index (χ1v) is 5.52. The predicted molar refractivity (Wildman–Crippen MR) is 62.7 cm³/mol. The summed E-state index contributed by atoms with van der Waals surface area (Å²) in [7, 11) is 0. The van der Waals surface area contributed by atoms with Gasteiger partial charge >= 0.3 is 0 Å². The van der Waals surface area contributed by atoms with Crippen LogP contribution in [0.25, 0.3) is 10.8 Å². The lowest BCUT2D eigenvalue weighted by atomic mass is 9.98. The lowest BCUT2D eigenvalue weighted by Gasteiger charge is -2.06. The van der Waals surface area contributed by atoms with Gasteiger partial charge in [-0.3, -0.25) is 4.79 Å². The standard InChI is InChI=1S/C14H12O2/c15-13-8-7-12(14(16)9-5-6-9)10-3-1-2-4-11(10)13/h1-4,7-9,15H,5-6H2. The number of hydrogen-bond acceptors (Lipinski definition) is 2. The van der Waals surface area contributed by atoms with E-state index < -0.39 is 0 Å². The van der Waals surface area contributed by atoms with Crippen LogP contribution in [0.4, 0.5) is 0 Å². The molecule has 16 heavy (non-hydrogen) atoms. The molecule has 0 spiro atoms. The number of ketones is 1. The number of carbonyl (C=O) groups is 1. The van der Waals surface area contributed by atoms with Crippen LogP contribution in [-0.2, 0) is 0 Å². The van der Waals surface area contributed by atoms with Crippen LogP contribution in [0, 0.1) is 5.92 Å². The highest BCUT2D eigenvalue weighted by Gasteiger charge is 2.31. The molecular formula is C14H12O2. The second-order valence-electron chi connectivity index (χ2n) is 4.32. The molecule has 0 radical (unpaired) electrons. The monoisotopic (exact) mass is 212 g/mol. The van der Waals surface area contributed by atoms with Crippen molar-refractivity contribution in [3.8, 4) is 5.75 Å². The van der Waals surface area contributed by atoms with Crippen LogP contribution in [0.3, 0.4) is 0 Å². The third-order valence-corrected chi connectivity index (χ3v) is 3.11. The number of carbonyl (C=O) groups excluding carboxylic acids is 1. The molecule has 2 aromatic rings. The zero-order chi connectivity index (χ0) is 11.1. The molecule has 3 rings (SSSR count). The van der Waals surface area contributed by atoms with E-state index in [0.29, 0.717) is 0 Å². The van der Waals surface area contributed by atoms with Crippen molar-refractivity contribution in [3.63, 3.8) is 0 Å². The van der Waals surface area contributed by atoms with Gasteiger partial charge in [0.1, 0.15) is 5.75 Å². The van der Waals surface area contributed by atoms with Crippen LogP contribution in [0.2, 0.25) is 0 Å². The molecule has 1 N–H and O–H groups in total. The van der Waals surface area contributed by atoms with E-state index in [0.717, 1.165) is 29.2 Å². The number of aromatic hydroxyl groups is 1. The van der Waals surface area contributed by atoms with E-state index >= 15 is 0 Å². The molecular weight excluding hydrogens is 200 g/mol. The van der Waals surface area contributed by atoms with E-state index in [4.69, 9.17) is 0 Å². The maximum atomic E-state index is 12.1. The minimum atomic E-state index is 0.216. The molecule has 0 unspecified atom stereocenters. The van der Waals surface area contributed by atoms with Crippen LogP contribution in [0.15, 0.2) is 36.4 Å². The molecule has 0 bridgehead atoms. The largest absolute Gasteiger partial charge is 0.507 e. The van der Waals surface area contributed by atoms with Gasteiger partial charge in [-0.1, -0.05) is 24.3 Å². The van der Waals surface area contributed by atoms with Gasteiger partial charge in [0.15, 0.2) is 5.78 Å². The Morgan fingerprint density at radius 2 is 1.75 bits per heavy atom. The highest BCUT2D eigenvalue weighted by atomic mass is 16.3. The Kier molecular flexibility index (Phi) is 1.96. The third-order valence-electron chi connectivity index (χ3n) is 3.11. The molecule has 1 aliphatic rings. The normalized spacial score (nSPS) is 15.2. The number of phenolic OH excluding ortho intramolecular Hbond substituents is 1. The van der Waals surface area contributed by atoms with Crippen LogP contribution in [-0.4, -0.2) is 10.9 Å². The Bertz CT molecular complexity index is 568. The fourth-order valence-electron chi connectivity index (χ4n) is 2.06. The molecule has 1 fully saturated rings. The van der Waals surface area contributed by atoms with E-state index in [1.54, 1.807) is 12.1 Å². The van der Waals surface area contributed by atoms with Gasteiger partial charge in [-0.05, 0) is 30.4 Å². The topological polar surface area (TPSA) is 37.3 Å². The maximum Gasteiger partial charge on any atom is 0.166 e. The van der Waals surface area contributed by atoms with Crippen molar-refractivity contribution in [1.82, 2.24) is 0 Å². The summed E-state index contributed by atoms with van der Waals surface area (Å²) >= 11 is 0. The first-order chi connectivity index (χ1) is 7.77. The van der Waals surface area contributed by atoms with Gasteiger partial charge in [0.2, 0.25) is 0 Å². The average Bonchev–Trinajstić information content (AvgIpc) is 3.13. The molecule has 80 valence electrons. The van der Waals surface area contributed by atoms with E-state index in [1.807, 2.05) is 24.3 Å². The molecule has 1 aliphatic carbocycles. The Balaban J connectivity index is 2.24. The van der Waals surface area contributed by atoms with Gasteiger partial charge in [0.05, 0.1) is 0 Å². The maximum absolute atomic E-state index is 12.1. The zero-order valence-corrected chi connectivity index (χ0v) is 8.81.